The summed E-state index contributed by atoms with van der Waals surface area (Å²) in [4.78, 5) is 0. The third kappa shape index (κ3) is 2.59. The number of halogens is 5. The zero-order chi connectivity index (χ0) is 16.6. The van der Waals surface area contributed by atoms with Crippen LogP contribution >= 0.6 is 0 Å². The second kappa shape index (κ2) is 5.83. The molecule has 0 saturated heterocycles. The van der Waals surface area contributed by atoms with Gasteiger partial charge in [0.1, 0.15) is 5.82 Å². The van der Waals surface area contributed by atoms with Gasteiger partial charge >= 0.3 is 0 Å². The van der Waals surface area contributed by atoms with E-state index in [1.807, 2.05) is 0 Å². The molecule has 0 atom stereocenters. The van der Waals surface area contributed by atoms with Crippen molar-refractivity contribution in [2.24, 2.45) is 0 Å². The zero-order valence-corrected chi connectivity index (χ0v) is 11.6. The van der Waals surface area contributed by atoms with Crippen molar-refractivity contribution < 1.29 is 22.0 Å². The van der Waals surface area contributed by atoms with E-state index in [9.17, 15) is 22.0 Å². The number of benzene rings is 3. The molecule has 23 heavy (non-hydrogen) atoms. The molecule has 3 aromatic carbocycles. The van der Waals surface area contributed by atoms with Gasteiger partial charge in [0.2, 0.25) is 0 Å². The predicted octanol–water partition coefficient (Wildman–Crippen LogP) is 5.72. The number of rotatable bonds is 2. The van der Waals surface area contributed by atoms with Gasteiger partial charge < -0.3 is 0 Å². The van der Waals surface area contributed by atoms with E-state index < -0.39 is 40.2 Å². The van der Waals surface area contributed by atoms with Crippen LogP contribution in [0.2, 0.25) is 0 Å². The summed E-state index contributed by atoms with van der Waals surface area (Å²) in [6.45, 7) is 0. The summed E-state index contributed by atoms with van der Waals surface area (Å²) in [6.07, 6.45) is 0. The Balaban J connectivity index is 2.42. The molecule has 0 aliphatic carbocycles. The molecule has 3 rings (SSSR count). The molecule has 0 aromatic heterocycles. The summed E-state index contributed by atoms with van der Waals surface area (Å²) < 4.78 is 69.3. The molecular weight excluding hydrogens is 311 g/mol. The van der Waals surface area contributed by atoms with E-state index in [0.717, 1.165) is 12.1 Å². The Kier molecular flexibility index (Phi) is 3.86. The summed E-state index contributed by atoms with van der Waals surface area (Å²) in [5, 5.41) is 0. The summed E-state index contributed by atoms with van der Waals surface area (Å²) in [7, 11) is 0. The molecule has 0 N–H and O–H groups in total. The van der Waals surface area contributed by atoms with Crippen molar-refractivity contribution in [2.75, 3.05) is 0 Å². The standard InChI is InChI=1S/C18H9F5/c19-12-8-4-7-11(9-12)14-13(10-5-2-1-3-6-10)15(20)17(22)18(23)16(14)21/h1-9H. The Morgan fingerprint density at radius 3 is 1.57 bits per heavy atom. The summed E-state index contributed by atoms with van der Waals surface area (Å²) >= 11 is 0. The Bertz CT molecular complexity index is 872. The van der Waals surface area contributed by atoms with Gasteiger partial charge in [0, 0.05) is 11.1 Å². The number of hydrogen-bond acceptors (Lipinski definition) is 0. The van der Waals surface area contributed by atoms with Crippen molar-refractivity contribution in [1.82, 2.24) is 0 Å². The van der Waals surface area contributed by atoms with Crippen LogP contribution in [0.4, 0.5) is 22.0 Å². The zero-order valence-electron chi connectivity index (χ0n) is 11.6. The van der Waals surface area contributed by atoms with Crippen LogP contribution in [0.25, 0.3) is 22.3 Å². The van der Waals surface area contributed by atoms with Gasteiger partial charge in [0.25, 0.3) is 0 Å². The highest BCUT2D eigenvalue weighted by atomic mass is 19.2. The molecule has 116 valence electrons. The van der Waals surface area contributed by atoms with Crippen LogP contribution in [0.5, 0.6) is 0 Å². The van der Waals surface area contributed by atoms with Crippen molar-refractivity contribution in [3.63, 3.8) is 0 Å². The van der Waals surface area contributed by atoms with E-state index in [2.05, 4.69) is 0 Å². The molecule has 0 heterocycles. The van der Waals surface area contributed by atoms with Gasteiger partial charge in [-0.2, -0.15) is 0 Å². The molecule has 0 aliphatic heterocycles. The largest absolute Gasteiger partial charge is 0.207 e. The third-order valence-electron chi connectivity index (χ3n) is 3.44. The second-order valence-electron chi connectivity index (χ2n) is 4.88. The fourth-order valence-electron chi connectivity index (χ4n) is 2.42. The van der Waals surface area contributed by atoms with E-state index >= 15 is 0 Å². The lowest BCUT2D eigenvalue weighted by Crippen LogP contribution is -2.03. The average molecular weight is 320 g/mol. The van der Waals surface area contributed by atoms with Crippen LogP contribution in [0, 0.1) is 29.1 Å². The van der Waals surface area contributed by atoms with Gasteiger partial charge in [-0.15, -0.1) is 0 Å². The molecule has 5 heteroatoms. The summed E-state index contributed by atoms with van der Waals surface area (Å²) in [6, 6.07) is 12.2. The minimum Gasteiger partial charge on any atom is -0.207 e. The van der Waals surface area contributed by atoms with E-state index in [1.165, 1.54) is 24.3 Å². The molecule has 0 nitrogen and oxygen atoms in total. The van der Waals surface area contributed by atoms with E-state index in [4.69, 9.17) is 0 Å². The quantitative estimate of drug-likeness (QED) is 0.322. The van der Waals surface area contributed by atoms with Crippen molar-refractivity contribution >= 4 is 0 Å². The Morgan fingerprint density at radius 2 is 1.00 bits per heavy atom. The Hall–Kier alpha value is -2.69. The molecule has 0 saturated carbocycles. The lowest BCUT2D eigenvalue weighted by molar-refractivity contribution is 0.412. The highest BCUT2D eigenvalue weighted by Crippen LogP contribution is 2.39. The first-order valence-electron chi connectivity index (χ1n) is 6.68. The van der Waals surface area contributed by atoms with E-state index in [-0.39, 0.29) is 11.1 Å². The highest BCUT2D eigenvalue weighted by molar-refractivity contribution is 5.84. The van der Waals surface area contributed by atoms with Crippen LogP contribution < -0.4 is 0 Å². The molecule has 3 aromatic rings. The molecule has 0 spiro atoms. The smallest absolute Gasteiger partial charge is 0.198 e. The molecular formula is C18H9F5. The maximum absolute atomic E-state index is 14.3. The first-order valence-corrected chi connectivity index (χ1v) is 6.68. The van der Waals surface area contributed by atoms with Gasteiger partial charge in [0.05, 0.1) is 0 Å². The molecule has 0 unspecified atom stereocenters. The Morgan fingerprint density at radius 1 is 0.478 bits per heavy atom. The van der Waals surface area contributed by atoms with E-state index in [1.54, 1.807) is 18.2 Å². The average Bonchev–Trinajstić information content (AvgIpc) is 2.56. The summed E-state index contributed by atoms with van der Waals surface area (Å²) in [5.41, 5.74) is -0.902. The van der Waals surface area contributed by atoms with Gasteiger partial charge in [-0.05, 0) is 23.3 Å². The third-order valence-corrected chi connectivity index (χ3v) is 3.44. The van der Waals surface area contributed by atoms with E-state index in [0.29, 0.717) is 0 Å². The van der Waals surface area contributed by atoms with Gasteiger partial charge in [-0.3, -0.25) is 0 Å². The van der Waals surface area contributed by atoms with Crippen LogP contribution in [-0.4, -0.2) is 0 Å². The monoisotopic (exact) mass is 320 g/mol. The van der Waals surface area contributed by atoms with Crippen molar-refractivity contribution in [2.45, 2.75) is 0 Å². The Labute approximate surface area is 128 Å². The van der Waals surface area contributed by atoms with Crippen molar-refractivity contribution in [1.29, 1.82) is 0 Å². The fraction of sp³-hybridized carbons (Fsp3) is 0. The maximum atomic E-state index is 14.3. The molecule has 0 aliphatic rings. The fourth-order valence-corrected chi connectivity index (χ4v) is 2.42. The highest BCUT2D eigenvalue weighted by Gasteiger charge is 2.27. The minimum absolute atomic E-state index is 0.0841. The molecule has 0 fully saturated rings. The van der Waals surface area contributed by atoms with Gasteiger partial charge in [0.15, 0.2) is 23.3 Å². The number of hydrogen-bond donors (Lipinski definition) is 0. The topological polar surface area (TPSA) is 0 Å². The van der Waals surface area contributed by atoms with Crippen LogP contribution in [0.1, 0.15) is 0 Å². The van der Waals surface area contributed by atoms with Gasteiger partial charge in [-0.1, -0.05) is 42.5 Å². The predicted molar refractivity (Wildman–Crippen MR) is 77.1 cm³/mol. The normalized spacial score (nSPS) is 10.8. The SMILES string of the molecule is Fc1cccc(-c2c(F)c(F)c(F)c(F)c2-c2ccccc2)c1. The van der Waals surface area contributed by atoms with Crippen LogP contribution in [0.15, 0.2) is 54.6 Å². The molecule has 0 amide bonds. The van der Waals surface area contributed by atoms with Crippen LogP contribution in [-0.2, 0) is 0 Å². The first kappa shape index (κ1) is 15.2. The van der Waals surface area contributed by atoms with Crippen molar-refractivity contribution in [3.05, 3.63) is 83.7 Å². The summed E-state index contributed by atoms with van der Waals surface area (Å²) in [5.74, 6) is -7.61. The molecule has 0 bridgehead atoms. The van der Waals surface area contributed by atoms with Gasteiger partial charge in [-0.25, -0.2) is 22.0 Å². The van der Waals surface area contributed by atoms with Crippen LogP contribution in [0.3, 0.4) is 0 Å². The maximum Gasteiger partial charge on any atom is 0.198 e. The first-order chi connectivity index (χ1) is 11.0. The minimum atomic E-state index is -1.93. The van der Waals surface area contributed by atoms with Crippen molar-refractivity contribution in [3.8, 4) is 22.3 Å². The molecule has 0 radical (unpaired) electrons. The second-order valence-corrected chi connectivity index (χ2v) is 4.88. The lowest BCUT2D eigenvalue weighted by Gasteiger charge is -2.14. The lowest BCUT2D eigenvalue weighted by atomic mass is 9.93.